The Morgan fingerprint density at radius 2 is 1.83 bits per heavy atom. The van der Waals surface area contributed by atoms with Crippen LogP contribution < -0.4 is 0 Å². The average Bonchev–Trinajstić information content (AvgIpc) is 3.12. The SMILES string of the molecule is Cc1nn(C)cc1/C=C1\C[C@H]2[C@@H]3CC[C@H]4C[C@@H](O)CC[C@]4(C)[C@H]3CC[C@]2(C)[C@@H]1O. The Hall–Kier alpha value is -1.13. The predicted octanol–water partition coefficient (Wildman–Crippen LogP) is 4.49. The van der Waals surface area contributed by atoms with Crippen molar-refractivity contribution in [3.63, 3.8) is 0 Å². The summed E-state index contributed by atoms with van der Waals surface area (Å²) in [7, 11) is 1.96. The number of hydrogen-bond acceptors (Lipinski definition) is 3. The van der Waals surface area contributed by atoms with Crippen LogP contribution in [0.25, 0.3) is 6.08 Å². The number of aliphatic hydroxyl groups is 2. The summed E-state index contributed by atoms with van der Waals surface area (Å²) in [6.45, 7) is 6.94. The Kier molecular flexibility index (Phi) is 4.57. The molecule has 0 spiro atoms. The quantitative estimate of drug-likeness (QED) is 0.733. The van der Waals surface area contributed by atoms with E-state index in [1.807, 2.05) is 11.7 Å². The van der Waals surface area contributed by atoms with Gasteiger partial charge >= 0.3 is 0 Å². The summed E-state index contributed by atoms with van der Waals surface area (Å²) in [6.07, 6.45) is 13.0. The molecule has 8 atom stereocenters. The van der Waals surface area contributed by atoms with E-state index in [1.54, 1.807) is 0 Å². The number of aliphatic hydroxyl groups excluding tert-OH is 2. The van der Waals surface area contributed by atoms with Gasteiger partial charge < -0.3 is 10.2 Å². The fourth-order valence-corrected chi connectivity index (χ4v) is 8.19. The molecule has 5 rings (SSSR count). The number of nitrogens with zero attached hydrogens (tertiary/aromatic N) is 2. The van der Waals surface area contributed by atoms with E-state index in [4.69, 9.17) is 0 Å². The molecule has 4 saturated carbocycles. The van der Waals surface area contributed by atoms with Gasteiger partial charge in [0.2, 0.25) is 0 Å². The summed E-state index contributed by atoms with van der Waals surface area (Å²) in [5, 5.41) is 26.1. The highest BCUT2D eigenvalue weighted by Crippen LogP contribution is 2.67. The summed E-state index contributed by atoms with van der Waals surface area (Å²) < 4.78 is 1.87. The van der Waals surface area contributed by atoms with Crippen molar-refractivity contribution in [2.24, 2.45) is 41.5 Å². The van der Waals surface area contributed by atoms with Crippen LogP contribution in [0.2, 0.25) is 0 Å². The van der Waals surface area contributed by atoms with Crippen molar-refractivity contribution in [3.8, 4) is 0 Å². The zero-order chi connectivity index (χ0) is 20.6. The first kappa shape index (κ1) is 19.8. The van der Waals surface area contributed by atoms with Crippen molar-refractivity contribution in [1.82, 2.24) is 9.78 Å². The molecule has 4 heteroatoms. The van der Waals surface area contributed by atoms with Crippen molar-refractivity contribution in [1.29, 1.82) is 0 Å². The Balaban J connectivity index is 1.45. The number of aryl methyl sites for hydroxylation is 2. The first-order valence-corrected chi connectivity index (χ1v) is 11.8. The highest BCUT2D eigenvalue weighted by molar-refractivity contribution is 5.56. The van der Waals surface area contributed by atoms with E-state index >= 15 is 0 Å². The first-order chi connectivity index (χ1) is 13.7. The van der Waals surface area contributed by atoms with Gasteiger partial charge in [-0.05, 0) is 99.0 Å². The Labute approximate surface area is 175 Å². The minimum absolute atomic E-state index is 0.0144. The molecular weight excluding hydrogens is 360 g/mol. The molecule has 4 fully saturated rings. The molecule has 0 unspecified atom stereocenters. The predicted molar refractivity (Wildman–Crippen MR) is 115 cm³/mol. The second-order valence-corrected chi connectivity index (χ2v) is 11.3. The van der Waals surface area contributed by atoms with Gasteiger partial charge in [0.25, 0.3) is 0 Å². The molecule has 0 radical (unpaired) electrons. The summed E-state index contributed by atoms with van der Waals surface area (Å²) in [5.74, 6) is 2.76. The largest absolute Gasteiger partial charge is 0.393 e. The van der Waals surface area contributed by atoms with Crippen molar-refractivity contribution < 1.29 is 10.2 Å². The zero-order valence-electron chi connectivity index (χ0n) is 18.6. The number of fused-ring (bicyclic) bond motifs is 5. The van der Waals surface area contributed by atoms with Crippen LogP contribution >= 0.6 is 0 Å². The summed E-state index contributed by atoms with van der Waals surface area (Å²) in [4.78, 5) is 0. The molecule has 2 N–H and O–H groups in total. The monoisotopic (exact) mass is 398 g/mol. The van der Waals surface area contributed by atoms with Crippen LogP contribution in [0, 0.1) is 41.4 Å². The van der Waals surface area contributed by atoms with Gasteiger partial charge in [-0.3, -0.25) is 4.68 Å². The molecule has 1 aromatic heterocycles. The van der Waals surface area contributed by atoms with Gasteiger partial charge in [-0.1, -0.05) is 13.8 Å². The molecule has 1 heterocycles. The van der Waals surface area contributed by atoms with Crippen molar-refractivity contribution in [2.75, 3.05) is 0 Å². The lowest BCUT2D eigenvalue weighted by atomic mass is 9.45. The first-order valence-electron chi connectivity index (χ1n) is 11.8. The lowest BCUT2D eigenvalue weighted by Gasteiger charge is -2.60. The smallest absolute Gasteiger partial charge is 0.0809 e. The topological polar surface area (TPSA) is 58.3 Å². The molecule has 0 aliphatic heterocycles. The van der Waals surface area contributed by atoms with Gasteiger partial charge in [-0.2, -0.15) is 5.10 Å². The highest BCUT2D eigenvalue weighted by Gasteiger charge is 2.61. The molecule has 29 heavy (non-hydrogen) atoms. The van der Waals surface area contributed by atoms with Crippen molar-refractivity contribution in [2.45, 2.75) is 84.3 Å². The Morgan fingerprint density at radius 1 is 1.07 bits per heavy atom. The van der Waals surface area contributed by atoms with E-state index in [-0.39, 0.29) is 17.6 Å². The lowest BCUT2D eigenvalue weighted by Crippen LogP contribution is -2.54. The van der Waals surface area contributed by atoms with Gasteiger partial charge in [-0.25, -0.2) is 0 Å². The summed E-state index contributed by atoms with van der Waals surface area (Å²) in [6, 6.07) is 0. The van der Waals surface area contributed by atoms with Gasteiger partial charge in [-0.15, -0.1) is 0 Å². The summed E-state index contributed by atoms with van der Waals surface area (Å²) in [5.41, 5.74) is 3.82. The number of aromatic nitrogens is 2. The number of hydrogen-bond donors (Lipinski definition) is 2. The van der Waals surface area contributed by atoms with Crippen LogP contribution in [-0.2, 0) is 7.05 Å². The zero-order valence-corrected chi connectivity index (χ0v) is 18.6. The molecule has 160 valence electrons. The Bertz CT molecular complexity index is 829. The average molecular weight is 399 g/mol. The van der Waals surface area contributed by atoms with Crippen LogP contribution in [0.1, 0.15) is 76.5 Å². The molecule has 0 amide bonds. The van der Waals surface area contributed by atoms with Crippen molar-refractivity contribution in [3.05, 3.63) is 23.0 Å². The third kappa shape index (κ3) is 2.89. The van der Waals surface area contributed by atoms with Crippen LogP contribution in [0.3, 0.4) is 0 Å². The van der Waals surface area contributed by atoms with Crippen LogP contribution in [0.5, 0.6) is 0 Å². The highest BCUT2D eigenvalue weighted by atomic mass is 16.3. The van der Waals surface area contributed by atoms with Crippen LogP contribution in [0.15, 0.2) is 11.8 Å². The molecule has 1 aromatic rings. The minimum Gasteiger partial charge on any atom is -0.393 e. The third-order valence-electron chi connectivity index (χ3n) is 9.90. The second-order valence-electron chi connectivity index (χ2n) is 11.3. The van der Waals surface area contributed by atoms with Crippen LogP contribution in [0.4, 0.5) is 0 Å². The molecular formula is C25H38N2O2. The summed E-state index contributed by atoms with van der Waals surface area (Å²) >= 11 is 0. The van der Waals surface area contributed by atoms with E-state index in [1.165, 1.54) is 31.3 Å². The van der Waals surface area contributed by atoms with Gasteiger partial charge in [0.1, 0.15) is 0 Å². The molecule has 0 aromatic carbocycles. The second kappa shape index (κ2) is 6.68. The molecule has 4 nitrogen and oxygen atoms in total. The normalized spacial score (nSPS) is 48.3. The molecule has 4 aliphatic rings. The van der Waals surface area contributed by atoms with Crippen LogP contribution in [-0.4, -0.2) is 32.2 Å². The van der Waals surface area contributed by atoms with E-state index < -0.39 is 0 Å². The molecule has 4 aliphatic carbocycles. The van der Waals surface area contributed by atoms with E-state index in [0.717, 1.165) is 48.8 Å². The van der Waals surface area contributed by atoms with Gasteiger partial charge in [0.15, 0.2) is 0 Å². The maximum Gasteiger partial charge on any atom is 0.0809 e. The maximum absolute atomic E-state index is 11.4. The Morgan fingerprint density at radius 3 is 2.55 bits per heavy atom. The molecule has 0 bridgehead atoms. The lowest BCUT2D eigenvalue weighted by molar-refractivity contribution is -0.133. The van der Waals surface area contributed by atoms with E-state index in [9.17, 15) is 10.2 Å². The van der Waals surface area contributed by atoms with Gasteiger partial charge in [0, 0.05) is 24.2 Å². The van der Waals surface area contributed by atoms with E-state index in [0.29, 0.717) is 17.3 Å². The standard InChI is InChI=1S/C25H38N2O2/c1-15-17(14-27(4)26-15)11-16-12-22-20-6-5-18-13-19(28)7-9-24(18,2)21(20)8-10-25(22,3)23(16)29/h11,14,18-23,28-29H,5-10,12-13H2,1-4H3/b16-11+/t18-,19-,20+,21-,22-,23+,24-,25-/m0/s1. The molecule has 0 saturated heterocycles. The minimum atomic E-state index is -0.327. The fourth-order valence-electron chi connectivity index (χ4n) is 8.19. The van der Waals surface area contributed by atoms with Gasteiger partial charge in [0.05, 0.1) is 17.9 Å². The van der Waals surface area contributed by atoms with Crippen molar-refractivity contribution >= 4 is 6.08 Å². The fraction of sp³-hybridized carbons (Fsp3) is 0.800. The third-order valence-corrected chi connectivity index (χ3v) is 9.90. The number of rotatable bonds is 1. The van der Waals surface area contributed by atoms with E-state index in [2.05, 4.69) is 38.1 Å². The maximum atomic E-state index is 11.4.